The second-order valence-corrected chi connectivity index (χ2v) is 7.37. The predicted molar refractivity (Wildman–Crippen MR) is 92.4 cm³/mol. The number of carbonyl (C=O) groups excluding carboxylic acids is 1. The molecule has 0 bridgehead atoms. The third-order valence-corrected chi connectivity index (χ3v) is 5.46. The zero-order valence-corrected chi connectivity index (χ0v) is 14.9. The molecule has 0 unspecified atom stereocenters. The summed E-state index contributed by atoms with van der Waals surface area (Å²) in [5.41, 5.74) is 0.612. The first-order valence-corrected chi connectivity index (χ1v) is 8.75. The van der Waals surface area contributed by atoms with Crippen molar-refractivity contribution in [1.29, 1.82) is 0 Å². The van der Waals surface area contributed by atoms with Crippen molar-refractivity contribution in [3.05, 3.63) is 28.2 Å². The van der Waals surface area contributed by atoms with Crippen LogP contribution in [0.25, 0.3) is 0 Å². The number of benzene rings is 1. The molecule has 122 valence electrons. The second-order valence-electron chi connectivity index (χ2n) is 6.53. The highest BCUT2D eigenvalue weighted by Gasteiger charge is 2.32. The average molecular weight is 344 g/mol. The van der Waals surface area contributed by atoms with Crippen LogP contribution in [0.4, 0.5) is 5.69 Å². The number of halogens is 2. The van der Waals surface area contributed by atoms with E-state index in [0.717, 1.165) is 5.92 Å². The number of quaternary nitrogens is 1. The van der Waals surface area contributed by atoms with Crippen LogP contribution in [-0.4, -0.2) is 18.0 Å². The van der Waals surface area contributed by atoms with E-state index in [1.807, 2.05) is 6.92 Å². The molecule has 1 aliphatic carbocycles. The van der Waals surface area contributed by atoms with E-state index in [1.165, 1.54) is 19.3 Å². The summed E-state index contributed by atoms with van der Waals surface area (Å²) in [5, 5.41) is 6.13. The van der Waals surface area contributed by atoms with Crippen LogP contribution in [-0.2, 0) is 4.79 Å². The fourth-order valence-electron chi connectivity index (χ4n) is 3.19. The topological polar surface area (TPSA) is 45.7 Å². The van der Waals surface area contributed by atoms with Crippen molar-refractivity contribution in [3.63, 3.8) is 0 Å². The molecule has 3 nitrogen and oxygen atoms in total. The summed E-state index contributed by atoms with van der Waals surface area (Å²) < 4.78 is 0. The van der Waals surface area contributed by atoms with Gasteiger partial charge in [0.05, 0.1) is 16.8 Å². The van der Waals surface area contributed by atoms with Crippen LogP contribution in [0.5, 0.6) is 0 Å². The minimum absolute atomic E-state index is 0.0188. The van der Waals surface area contributed by atoms with E-state index in [0.29, 0.717) is 27.7 Å². The number of hydrogen-bond acceptors (Lipinski definition) is 1. The molecular formula is C17H25Cl2N2O+. The first-order valence-electron chi connectivity index (χ1n) is 7.99. The lowest BCUT2D eigenvalue weighted by Gasteiger charge is -2.33. The van der Waals surface area contributed by atoms with Crippen molar-refractivity contribution < 1.29 is 10.1 Å². The monoisotopic (exact) mass is 343 g/mol. The van der Waals surface area contributed by atoms with Crippen LogP contribution in [0.1, 0.15) is 40.0 Å². The summed E-state index contributed by atoms with van der Waals surface area (Å²) in [6.07, 6.45) is 3.74. The molecule has 1 fully saturated rings. The lowest BCUT2D eigenvalue weighted by molar-refractivity contribution is -0.715. The molecule has 0 aromatic heterocycles. The molecular weight excluding hydrogens is 319 g/mol. The minimum atomic E-state index is -0.135. The van der Waals surface area contributed by atoms with Gasteiger partial charge >= 0.3 is 0 Å². The minimum Gasteiger partial charge on any atom is -0.334 e. The molecule has 1 amide bonds. The largest absolute Gasteiger partial charge is 0.334 e. The molecule has 0 heterocycles. The highest BCUT2D eigenvalue weighted by Crippen LogP contribution is 2.28. The van der Waals surface area contributed by atoms with Gasteiger partial charge in [0.25, 0.3) is 5.91 Å². The second kappa shape index (κ2) is 7.67. The van der Waals surface area contributed by atoms with Gasteiger partial charge in [-0.15, -0.1) is 0 Å². The van der Waals surface area contributed by atoms with Gasteiger partial charge in [0.1, 0.15) is 0 Å². The van der Waals surface area contributed by atoms with Gasteiger partial charge in [-0.3, -0.25) is 4.79 Å². The molecule has 0 aliphatic heterocycles. The lowest BCUT2D eigenvalue weighted by Crippen LogP contribution is -2.97. The lowest BCUT2D eigenvalue weighted by atomic mass is 9.78. The molecule has 2 rings (SSSR count). The standard InChI is InChI=1S/C17H24Cl2N2O/c1-10-5-4-6-15(11(10)2)20-12(3)17(22)21-16-8-7-13(18)9-14(16)19/h7-12,15,20H,4-6H2,1-3H3,(H,21,22)/p+1/t10-,11+,12-,15+/m0/s1. The van der Waals surface area contributed by atoms with E-state index in [2.05, 4.69) is 24.5 Å². The summed E-state index contributed by atoms with van der Waals surface area (Å²) in [5.74, 6) is 1.36. The molecule has 1 saturated carbocycles. The first-order chi connectivity index (χ1) is 10.4. The first kappa shape index (κ1) is 17.6. The summed E-state index contributed by atoms with van der Waals surface area (Å²) in [7, 11) is 0. The summed E-state index contributed by atoms with van der Waals surface area (Å²) in [4.78, 5) is 12.4. The van der Waals surface area contributed by atoms with Crippen LogP contribution in [0.3, 0.4) is 0 Å². The smallest absolute Gasteiger partial charge is 0.282 e. The number of rotatable bonds is 4. The average Bonchev–Trinajstić information content (AvgIpc) is 2.46. The van der Waals surface area contributed by atoms with Crippen molar-refractivity contribution >= 4 is 34.8 Å². The highest BCUT2D eigenvalue weighted by molar-refractivity contribution is 6.36. The maximum atomic E-state index is 12.4. The highest BCUT2D eigenvalue weighted by atomic mass is 35.5. The van der Waals surface area contributed by atoms with Crippen LogP contribution < -0.4 is 10.6 Å². The molecule has 1 aromatic carbocycles. The number of nitrogens with one attached hydrogen (secondary N) is 1. The van der Waals surface area contributed by atoms with Crippen LogP contribution in [0, 0.1) is 11.8 Å². The summed E-state index contributed by atoms with van der Waals surface area (Å²) in [6.45, 7) is 6.56. The zero-order valence-electron chi connectivity index (χ0n) is 13.4. The Kier molecular flexibility index (Phi) is 6.13. The summed E-state index contributed by atoms with van der Waals surface area (Å²) in [6, 6.07) is 5.48. The number of hydrogen-bond donors (Lipinski definition) is 2. The Labute approximate surface area is 142 Å². The Morgan fingerprint density at radius 2 is 2.05 bits per heavy atom. The zero-order chi connectivity index (χ0) is 16.3. The van der Waals surface area contributed by atoms with Crippen molar-refractivity contribution in [3.8, 4) is 0 Å². The molecule has 0 radical (unpaired) electrons. The van der Waals surface area contributed by atoms with Gasteiger partial charge in [-0.1, -0.05) is 37.0 Å². The van der Waals surface area contributed by atoms with Gasteiger partial charge in [-0.05, 0) is 50.3 Å². The van der Waals surface area contributed by atoms with Crippen LogP contribution in [0.2, 0.25) is 10.0 Å². The fourth-order valence-corrected chi connectivity index (χ4v) is 3.65. The normalized spacial score (nSPS) is 26.5. The Morgan fingerprint density at radius 3 is 2.73 bits per heavy atom. The third kappa shape index (κ3) is 4.37. The van der Waals surface area contributed by atoms with Crippen molar-refractivity contribution in [1.82, 2.24) is 0 Å². The third-order valence-electron chi connectivity index (χ3n) is 4.91. The van der Waals surface area contributed by atoms with E-state index in [4.69, 9.17) is 23.2 Å². The fraction of sp³-hybridized carbons (Fsp3) is 0.588. The molecule has 5 heteroatoms. The predicted octanol–water partition coefficient (Wildman–Crippen LogP) is 3.71. The van der Waals surface area contributed by atoms with E-state index < -0.39 is 0 Å². The van der Waals surface area contributed by atoms with Gasteiger partial charge in [-0.25, -0.2) is 0 Å². The van der Waals surface area contributed by atoms with Crippen molar-refractivity contribution in [2.75, 3.05) is 5.32 Å². The van der Waals surface area contributed by atoms with E-state index >= 15 is 0 Å². The molecule has 1 aliphatic rings. The Balaban J connectivity index is 1.94. The Hall–Kier alpha value is -0.770. The van der Waals surface area contributed by atoms with Gasteiger partial charge in [0.2, 0.25) is 0 Å². The SMILES string of the molecule is C[C@@H]1[C@@H](C)CCC[C@H]1[NH2+][C@@H](C)C(=O)Nc1ccc(Cl)cc1Cl. The van der Waals surface area contributed by atoms with Crippen LogP contribution in [0.15, 0.2) is 18.2 Å². The van der Waals surface area contributed by atoms with Gasteiger partial charge in [0.15, 0.2) is 6.04 Å². The van der Waals surface area contributed by atoms with Crippen LogP contribution >= 0.6 is 23.2 Å². The molecule has 22 heavy (non-hydrogen) atoms. The van der Waals surface area contributed by atoms with Crippen molar-refractivity contribution in [2.24, 2.45) is 11.8 Å². The summed E-state index contributed by atoms with van der Waals surface area (Å²) >= 11 is 12.0. The Morgan fingerprint density at radius 1 is 1.32 bits per heavy atom. The van der Waals surface area contributed by atoms with Gasteiger partial charge in [-0.2, -0.15) is 0 Å². The molecule has 1 aromatic rings. The molecule has 4 atom stereocenters. The quantitative estimate of drug-likeness (QED) is 0.859. The number of anilines is 1. The maximum Gasteiger partial charge on any atom is 0.282 e. The Bertz CT molecular complexity index is 535. The molecule has 0 saturated heterocycles. The van der Waals surface area contributed by atoms with Gasteiger partial charge < -0.3 is 10.6 Å². The van der Waals surface area contributed by atoms with E-state index in [1.54, 1.807) is 18.2 Å². The van der Waals surface area contributed by atoms with Gasteiger partial charge in [0, 0.05) is 10.9 Å². The van der Waals surface area contributed by atoms with Crippen molar-refractivity contribution in [2.45, 2.75) is 52.1 Å². The number of nitrogens with two attached hydrogens (primary N) is 1. The van der Waals surface area contributed by atoms with E-state index in [-0.39, 0.29) is 11.9 Å². The number of carbonyl (C=O) groups is 1. The molecule has 0 spiro atoms. The maximum absolute atomic E-state index is 12.4. The molecule has 3 N–H and O–H groups in total. The van der Waals surface area contributed by atoms with E-state index in [9.17, 15) is 4.79 Å². The number of amides is 1.